The van der Waals surface area contributed by atoms with Gasteiger partial charge in [0.05, 0.1) is 12.2 Å². The van der Waals surface area contributed by atoms with Crippen molar-refractivity contribution in [3.8, 4) is 5.75 Å². The molecule has 122 valence electrons. The molecule has 1 heterocycles. The van der Waals surface area contributed by atoms with Crippen molar-refractivity contribution in [2.45, 2.75) is 13.3 Å². The Balaban J connectivity index is 1.94. The van der Waals surface area contributed by atoms with Gasteiger partial charge in [0.15, 0.2) is 5.70 Å². The summed E-state index contributed by atoms with van der Waals surface area (Å²) in [5.41, 5.74) is 1.80. The zero-order valence-electron chi connectivity index (χ0n) is 13.2. The summed E-state index contributed by atoms with van der Waals surface area (Å²) in [7, 11) is 0. The number of cyclic esters (lactones) is 1. The average molecular weight is 386 g/mol. The molecule has 1 aliphatic rings. The second-order valence-corrected chi connectivity index (χ2v) is 6.06. The van der Waals surface area contributed by atoms with Crippen LogP contribution in [0.4, 0.5) is 0 Å². The van der Waals surface area contributed by atoms with Gasteiger partial charge in [0.2, 0.25) is 5.90 Å². The fourth-order valence-corrected chi connectivity index (χ4v) is 2.70. The second kappa shape index (κ2) is 7.45. The summed E-state index contributed by atoms with van der Waals surface area (Å²) in [6.07, 6.45) is 2.61. The highest BCUT2D eigenvalue weighted by Gasteiger charge is 2.25. The van der Waals surface area contributed by atoms with E-state index in [1.54, 1.807) is 6.08 Å². The van der Waals surface area contributed by atoms with E-state index < -0.39 is 5.97 Å². The van der Waals surface area contributed by atoms with E-state index in [2.05, 4.69) is 20.9 Å². The summed E-state index contributed by atoms with van der Waals surface area (Å²) < 4.78 is 11.8. The zero-order chi connectivity index (χ0) is 16.9. The van der Waals surface area contributed by atoms with Gasteiger partial charge in [0.1, 0.15) is 5.75 Å². The number of esters is 1. The summed E-state index contributed by atoms with van der Waals surface area (Å²) in [6.45, 7) is 2.67. The standard InChI is InChI=1S/C19H16BrNO3/c1-2-11-23-17-10-6-3-7-13(17)12-16-19(22)24-18(21-16)14-8-4-5-9-15(14)20/h3-10,12H,2,11H2,1H3/b16-12+. The molecule has 2 aromatic rings. The molecule has 24 heavy (non-hydrogen) atoms. The first-order chi connectivity index (χ1) is 11.7. The number of rotatable bonds is 5. The van der Waals surface area contributed by atoms with Crippen LogP contribution in [0.15, 0.2) is 63.7 Å². The summed E-state index contributed by atoms with van der Waals surface area (Å²) >= 11 is 3.44. The molecule has 5 heteroatoms. The van der Waals surface area contributed by atoms with Crippen LogP contribution in [0.25, 0.3) is 6.08 Å². The van der Waals surface area contributed by atoms with E-state index in [0.717, 1.165) is 27.8 Å². The predicted octanol–water partition coefficient (Wildman–Crippen LogP) is 4.58. The molecular formula is C19H16BrNO3. The number of benzene rings is 2. The number of hydrogen-bond acceptors (Lipinski definition) is 4. The van der Waals surface area contributed by atoms with Crippen molar-refractivity contribution in [1.29, 1.82) is 0 Å². The Hall–Kier alpha value is -2.40. The Kier molecular flexibility index (Phi) is 5.11. The van der Waals surface area contributed by atoms with E-state index in [1.807, 2.05) is 55.5 Å². The number of hydrogen-bond donors (Lipinski definition) is 0. The fraction of sp³-hybridized carbons (Fsp3) is 0.158. The van der Waals surface area contributed by atoms with E-state index in [1.165, 1.54) is 0 Å². The largest absolute Gasteiger partial charge is 0.493 e. The first-order valence-corrected chi connectivity index (χ1v) is 8.47. The molecule has 0 bridgehead atoms. The van der Waals surface area contributed by atoms with Crippen LogP contribution in [-0.2, 0) is 9.53 Å². The summed E-state index contributed by atoms with van der Waals surface area (Å²) in [5, 5.41) is 0. The van der Waals surface area contributed by atoms with Crippen molar-refractivity contribution in [2.75, 3.05) is 6.61 Å². The monoisotopic (exact) mass is 385 g/mol. The van der Waals surface area contributed by atoms with Gasteiger partial charge in [0, 0.05) is 10.0 Å². The highest BCUT2D eigenvalue weighted by Crippen LogP contribution is 2.26. The minimum atomic E-state index is -0.467. The van der Waals surface area contributed by atoms with Crippen LogP contribution in [0.3, 0.4) is 0 Å². The third-order valence-electron chi connectivity index (χ3n) is 3.40. The lowest BCUT2D eigenvalue weighted by Gasteiger charge is -2.07. The number of halogens is 1. The molecule has 0 saturated carbocycles. The van der Waals surface area contributed by atoms with Crippen molar-refractivity contribution in [3.63, 3.8) is 0 Å². The van der Waals surface area contributed by atoms with E-state index in [-0.39, 0.29) is 5.70 Å². The number of ether oxygens (including phenoxy) is 2. The Morgan fingerprint density at radius 2 is 1.92 bits per heavy atom. The lowest BCUT2D eigenvalue weighted by atomic mass is 10.1. The maximum atomic E-state index is 12.1. The molecule has 0 N–H and O–H groups in total. The van der Waals surface area contributed by atoms with E-state index in [4.69, 9.17) is 9.47 Å². The van der Waals surface area contributed by atoms with E-state index >= 15 is 0 Å². The Labute approximate surface area is 148 Å². The summed E-state index contributed by atoms with van der Waals surface area (Å²) in [5.74, 6) is 0.556. The molecule has 4 nitrogen and oxygen atoms in total. The smallest absolute Gasteiger partial charge is 0.363 e. The van der Waals surface area contributed by atoms with Gasteiger partial charge in [-0.3, -0.25) is 0 Å². The first-order valence-electron chi connectivity index (χ1n) is 7.68. The second-order valence-electron chi connectivity index (χ2n) is 5.20. The van der Waals surface area contributed by atoms with Crippen LogP contribution in [0, 0.1) is 0 Å². The molecule has 0 radical (unpaired) electrons. The molecular weight excluding hydrogens is 370 g/mol. The molecule has 0 aromatic heterocycles. The lowest BCUT2D eigenvalue weighted by molar-refractivity contribution is -0.129. The van der Waals surface area contributed by atoms with Crippen molar-refractivity contribution in [3.05, 3.63) is 69.8 Å². The summed E-state index contributed by atoms with van der Waals surface area (Å²) in [6, 6.07) is 15.0. The molecule has 2 aromatic carbocycles. The molecule has 0 aliphatic carbocycles. The number of para-hydroxylation sites is 1. The number of carbonyl (C=O) groups is 1. The van der Waals surface area contributed by atoms with Gasteiger partial charge in [-0.1, -0.05) is 37.3 Å². The topological polar surface area (TPSA) is 47.9 Å². The molecule has 1 aliphatic heterocycles. The average Bonchev–Trinajstić information content (AvgIpc) is 2.95. The van der Waals surface area contributed by atoms with E-state index in [0.29, 0.717) is 12.5 Å². The molecule has 0 spiro atoms. The van der Waals surface area contributed by atoms with Gasteiger partial charge >= 0.3 is 5.97 Å². The quantitative estimate of drug-likeness (QED) is 0.558. The van der Waals surface area contributed by atoms with Gasteiger partial charge in [-0.25, -0.2) is 9.79 Å². The van der Waals surface area contributed by atoms with Gasteiger partial charge in [-0.2, -0.15) is 0 Å². The van der Waals surface area contributed by atoms with Crippen molar-refractivity contribution < 1.29 is 14.3 Å². The van der Waals surface area contributed by atoms with Crippen LogP contribution >= 0.6 is 15.9 Å². The zero-order valence-corrected chi connectivity index (χ0v) is 14.7. The molecule has 0 fully saturated rings. The predicted molar refractivity (Wildman–Crippen MR) is 97.0 cm³/mol. The number of aliphatic imine (C=N–C) groups is 1. The molecule has 3 rings (SSSR count). The molecule has 0 atom stereocenters. The fourth-order valence-electron chi connectivity index (χ4n) is 2.25. The normalized spacial score (nSPS) is 15.3. The highest BCUT2D eigenvalue weighted by molar-refractivity contribution is 9.10. The lowest BCUT2D eigenvalue weighted by Crippen LogP contribution is -2.06. The maximum absolute atomic E-state index is 12.1. The van der Waals surface area contributed by atoms with Gasteiger partial charge in [0.25, 0.3) is 0 Å². The maximum Gasteiger partial charge on any atom is 0.363 e. The number of carbonyl (C=O) groups excluding carboxylic acids is 1. The van der Waals surface area contributed by atoms with Crippen LogP contribution in [-0.4, -0.2) is 18.5 Å². The van der Waals surface area contributed by atoms with Crippen LogP contribution in [0.1, 0.15) is 24.5 Å². The van der Waals surface area contributed by atoms with Gasteiger partial charge < -0.3 is 9.47 Å². The van der Waals surface area contributed by atoms with Crippen molar-refractivity contribution in [1.82, 2.24) is 0 Å². The Morgan fingerprint density at radius 1 is 1.17 bits per heavy atom. The molecule has 0 amide bonds. The van der Waals surface area contributed by atoms with Gasteiger partial charge in [-0.15, -0.1) is 0 Å². The third-order valence-corrected chi connectivity index (χ3v) is 4.09. The Bertz CT molecular complexity index is 827. The summed E-state index contributed by atoms with van der Waals surface area (Å²) in [4.78, 5) is 16.5. The third kappa shape index (κ3) is 3.57. The highest BCUT2D eigenvalue weighted by atomic mass is 79.9. The minimum Gasteiger partial charge on any atom is -0.493 e. The molecule has 0 unspecified atom stereocenters. The Morgan fingerprint density at radius 3 is 2.71 bits per heavy atom. The first kappa shape index (κ1) is 16.5. The van der Waals surface area contributed by atoms with Crippen LogP contribution in [0.5, 0.6) is 5.75 Å². The van der Waals surface area contributed by atoms with Crippen molar-refractivity contribution >= 4 is 33.9 Å². The molecule has 0 saturated heterocycles. The minimum absolute atomic E-state index is 0.258. The number of nitrogens with zero attached hydrogens (tertiary/aromatic N) is 1. The SMILES string of the molecule is CCCOc1ccccc1/C=C1/N=C(c2ccccc2Br)OC1=O. The van der Waals surface area contributed by atoms with Gasteiger partial charge in [-0.05, 0) is 46.6 Å². The van der Waals surface area contributed by atoms with Crippen molar-refractivity contribution in [2.24, 2.45) is 4.99 Å². The van der Waals surface area contributed by atoms with E-state index in [9.17, 15) is 4.79 Å². The van der Waals surface area contributed by atoms with Crippen LogP contribution < -0.4 is 4.74 Å². The van der Waals surface area contributed by atoms with Crippen LogP contribution in [0.2, 0.25) is 0 Å².